The highest BCUT2D eigenvalue weighted by Gasteiger charge is 2.12. The average molecular weight is 465 g/mol. The minimum atomic E-state index is -1.42. The third-order valence-corrected chi connectivity index (χ3v) is 5.98. The van der Waals surface area contributed by atoms with Crippen LogP contribution in [-0.2, 0) is 29.1 Å². The summed E-state index contributed by atoms with van der Waals surface area (Å²) in [5.74, 6) is -1.81. The molecule has 1 amide bonds. The molecular formula is C23H29ClN2O4S. The minimum Gasteiger partial charge on any atom is -0.481 e. The lowest BCUT2D eigenvalue weighted by molar-refractivity contribution is -0.133. The van der Waals surface area contributed by atoms with Crippen LogP contribution in [0.3, 0.4) is 0 Å². The van der Waals surface area contributed by atoms with Crippen molar-refractivity contribution in [1.29, 1.82) is 0 Å². The molecule has 0 radical (unpaired) electrons. The average Bonchev–Trinajstić information content (AvgIpc) is 3.07. The topological polar surface area (TPSA) is 102 Å². The number of nitrogens with two attached hydrogens (primary N) is 1. The highest BCUT2D eigenvalue weighted by molar-refractivity contribution is 7.85. The molecule has 0 aliphatic rings. The van der Waals surface area contributed by atoms with E-state index in [-0.39, 0.29) is 5.75 Å². The summed E-state index contributed by atoms with van der Waals surface area (Å²) in [7, 11) is 0.380. The van der Waals surface area contributed by atoms with Gasteiger partial charge in [-0.2, -0.15) is 0 Å². The van der Waals surface area contributed by atoms with Gasteiger partial charge in [-0.25, -0.2) is 0 Å². The van der Waals surface area contributed by atoms with Gasteiger partial charge >= 0.3 is 5.97 Å². The summed E-state index contributed by atoms with van der Waals surface area (Å²) < 4.78 is 13.1. The van der Waals surface area contributed by atoms with Crippen molar-refractivity contribution in [1.82, 2.24) is 4.57 Å². The quantitative estimate of drug-likeness (QED) is 0.570. The van der Waals surface area contributed by atoms with Crippen molar-refractivity contribution < 1.29 is 18.9 Å². The van der Waals surface area contributed by atoms with Crippen LogP contribution >= 0.6 is 11.6 Å². The second kappa shape index (κ2) is 12.3. The molecule has 0 saturated carbocycles. The van der Waals surface area contributed by atoms with Gasteiger partial charge in [0, 0.05) is 17.3 Å². The van der Waals surface area contributed by atoms with E-state index in [4.69, 9.17) is 22.4 Å². The summed E-state index contributed by atoms with van der Waals surface area (Å²) in [5.41, 5.74) is 8.87. The number of aryl methyl sites for hydroxylation is 3. The molecule has 31 heavy (non-hydrogen) atoms. The number of nitrogens with zero attached hydrogens (tertiary/aromatic N) is 1. The SMILES string of the molecule is CC.CCc1ccc(S(=O)CC(=O)O)cc1.Cc1cc(Cl)c2cc(C(N)=O)n(C)c2c1. The minimum absolute atomic E-state index is 0.328. The van der Waals surface area contributed by atoms with Crippen LogP contribution in [-0.4, -0.2) is 31.5 Å². The third kappa shape index (κ3) is 7.22. The standard InChI is InChI=1S/C11H11ClN2O.C10H12O3S.C2H6/c1-6-3-8(12)7-5-10(11(13)15)14(2)9(7)4-6;1-2-8-3-5-9(6-4-8)14(13)7-10(11)12;1-2/h3-5H,1-2H3,(H2,13,15);3-6H,2,7H2,1H3,(H,11,12);1-2H3. The van der Waals surface area contributed by atoms with E-state index >= 15 is 0 Å². The Balaban J connectivity index is 0.000000288. The fraction of sp³-hybridized carbons (Fsp3) is 0.304. The second-order valence-corrected chi connectivity index (χ2v) is 8.37. The summed E-state index contributed by atoms with van der Waals surface area (Å²) in [5, 5.41) is 9.96. The molecule has 2 aromatic carbocycles. The van der Waals surface area contributed by atoms with Crippen molar-refractivity contribution in [3.05, 3.63) is 64.3 Å². The number of carbonyl (C=O) groups excluding carboxylic acids is 1. The predicted molar refractivity (Wildman–Crippen MR) is 127 cm³/mol. The number of halogens is 1. The Morgan fingerprint density at radius 1 is 1.13 bits per heavy atom. The number of benzene rings is 2. The first-order valence-electron chi connectivity index (χ1n) is 9.88. The molecule has 1 atom stereocenters. The van der Waals surface area contributed by atoms with E-state index < -0.39 is 22.7 Å². The monoisotopic (exact) mass is 464 g/mol. The summed E-state index contributed by atoms with van der Waals surface area (Å²) >= 11 is 6.09. The summed E-state index contributed by atoms with van der Waals surface area (Å²) in [4.78, 5) is 22.0. The molecule has 0 aliphatic carbocycles. The molecule has 1 heterocycles. The molecule has 3 rings (SSSR count). The van der Waals surface area contributed by atoms with E-state index in [1.165, 1.54) is 0 Å². The lowest BCUT2D eigenvalue weighted by atomic mass is 10.2. The number of fused-ring (bicyclic) bond motifs is 1. The van der Waals surface area contributed by atoms with Crippen LogP contribution in [0, 0.1) is 6.92 Å². The number of primary amides is 1. The number of rotatable bonds is 5. The van der Waals surface area contributed by atoms with Crippen LogP contribution in [0.1, 0.15) is 42.4 Å². The molecule has 3 N–H and O–H groups in total. The zero-order chi connectivity index (χ0) is 23.7. The molecule has 0 saturated heterocycles. The number of aliphatic carboxylic acids is 1. The molecule has 3 aromatic rings. The van der Waals surface area contributed by atoms with Gasteiger partial charge in [-0.3, -0.25) is 13.8 Å². The van der Waals surface area contributed by atoms with Gasteiger partial charge in [-0.1, -0.05) is 44.5 Å². The molecule has 8 heteroatoms. The van der Waals surface area contributed by atoms with Crippen molar-refractivity contribution in [2.75, 3.05) is 5.75 Å². The Hall–Kier alpha value is -2.64. The smallest absolute Gasteiger partial charge is 0.316 e. The van der Waals surface area contributed by atoms with Gasteiger partial charge in [-0.15, -0.1) is 0 Å². The molecule has 1 unspecified atom stereocenters. The van der Waals surface area contributed by atoms with Crippen LogP contribution < -0.4 is 5.73 Å². The number of carbonyl (C=O) groups is 2. The van der Waals surface area contributed by atoms with Crippen LogP contribution in [0.15, 0.2) is 47.4 Å². The highest BCUT2D eigenvalue weighted by atomic mass is 35.5. The molecule has 0 bridgehead atoms. The van der Waals surface area contributed by atoms with Crippen LogP contribution in [0.2, 0.25) is 5.02 Å². The van der Waals surface area contributed by atoms with Gasteiger partial charge in [0.15, 0.2) is 0 Å². The van der Waals surface area contributed by atoms with Gasteiger partial charge in [-0.05, 0) is 54.8 Å². The van der Waals surface area contributed by atoms with Gasteiger partial charge in [0.2, 0.25) is 0 Å². The normalized spacial score (nSPS) is 11.0. The molecule has 168 valence electrons. The first kappa shape index (κ1) is 26.4. The Kier molecular flexibility index (Phi) is 10.4. The van der Waals surface area contributed by atoms with Gasteiger partial charge < -0.3 is 15.4 Å². The number of carboxylic acids is 1. The van der Waals surface area contributed by atoms with Crippen LogP contribution in [0.25, 0.3) is 10.9 Å². The largest absolute Gasteiger partial charge is 0.481 e. The molecule has 6 nitrogen and oxygen atoms in total. The zero-order valence-electron chi connectivity index (χ0n) is 18.4. The summed E-state index contributed by atoms with van der Waals surface area (Å²) in [6.45, 7) is 7.99. The lowest BCUT2D eigenvalue weighted by Crippen LogP contribution is -2.14. The van der Waals surface area contributed by atoms with E-state index in [0.717, 1.165) is 28.5 Å². The maximum atomic E-state index is 11.4. The number of hydrogen-bond acceptors (Lipinski definition) is 3. The fourth-order valence-corrected chi connectivity index (χ4v) is 3.98. The van der Waals surface area contributed by atoms with Crippen molar-refractivity contribution >= 4 is 45.2 Å². The van der Waals surface area contributed by atoms with E-state index in [9.17, 15) is 13.8 Å². The van der Waals surface area contributed by atoms with Crippen LogP contribution in [0.5, 0.6) is 0 Å². The van der Waals surface area contributed by atoms with Crippen molar-refractivity contribution in [3.63, 3.8) is 0 Å². The predicted octanol–water partition coefficient (Wildman–Crippen LogP) is 4.71. The molecule has 0 spiro atoms. The maximum Gasteiger partial charge on any atom is 0.316 e. The van der Waals surface area contributed by atoms with Crippen molar-refractivity contribution in [3.8, 4) is 0 Å². The van der Waals surface area contributed by atoms with Gasteiger partial charge in [0.25, 0.3) is 5.91 Å². The van der Waals surface area contributed by atoms with Crippen LogP contribution in [0.4, 0.5) is 0 Å². The molecule has 0 aliphatic heterocycles. The first-order chi connectivity index (χ1) is 14.6. The Morgan fingerprint density at radius 3 is 2.19 bits per heavy atom. The molecular weight excluding hydrogens is 436 g/mol. The third-order valence-electron chi connectivity index (χ3n) is 4.36. The number of amides is 1. The maximum absolute atomic E-state index is 11.4. The van der Waals surface area contributed by atoms with Gasteiger partial charge in [0.05, 0.1) is 21.3 Å². The highest BCUT2D eigenvalue weighted by Crippen LogP contribution is 2.27. The number of aromatic nitrogens is 1. The van der Waals surface area contributed by atoms with E-state index in [0.29, 0.717) is 15.6 Å². The number of hydrogen-bond donors (Lipinski definition) is 2. The van der Waals surface area contributed by atoms with Crippen molar-refractivity contribution in [2.24, 2.45) is 12.8 Å². The fourth-order valence-electron chi connectivity index (χ4n) is 2.83. The van der Waals surface area contributed by atoms with E-state index in [2.05, 4.69) is 0 Å². The van der Waals surface area contributed by atoms with E-state index in [1.54, 1.807) is 29.8 Å². The lowest BCUT2D eigenvalue weighted by Gasteiger charge is -2.01. The Bertz CT molecular complexity index is 1080. The van der Waals surface area contributed by atoms with Gasteiger partial charge in [0.1, 0.15) is 11.4 Å². The van der Waals surface area contributed by atoms with Crippen molar-refractivity contribution in [2.45, 2.75) is 39.0 Å². The number of carboxylic acid groups (broad SMARTS) is 1. The zero-order valence-corrected chi connectivity index (χ0v) is 20.0. The summed E-state index contributed by atoms with van der Waals surface area (Å²) in [6.07, 6.45) is 0.922. The van der Waals surface area contributed by atoms with E-state index in [1.807, 2.05) is 52.0 Å². The first-order valence-corrected chi connectivity index (χ1v) is 11.6. The Morgan fingerprint density at radius 2 is 1.71 bits per heavy atom. The molecule has 0 fully saturated rings. The molecule has 1 aromatic heterocycles. The Labute approximate surface area is 190 Å². The second-order valence-electron chi connectivity index (χ2n) is 6.51. The summed E-state index contributed by atoms with van der Waals surface area (Å²) in [6, 6.07) is 12.8.